The molecule has 0 aliphatic rings. The van der Waals surface area contributed by atoms with E-state index in [2.05, 4.69) is 0 Å². The van der Waals surface area contributed by atoms with E-state index in [9.17, 15) is 5.48 Å². The average molecular weight is 686 g/mol. The van der Waals surface area contributed by atoms with Gasteiger partial charge in [-0.3, -0.25) is 0 Å². The first-order chi connectivity index (χ1) is 30.6. The van der Waals surface area contributed by atoms with E-state index in [1.165, 1.54) is 18.3 Å². The minimum absolute atomic E-state index is 0.0801. The lowest BCUT2D eigenvalue weighted by Gasteiger charge is -2.27. The first-order valence-electron chi connectivity index (χ1n) is 22.5. The summed E-state index contributed by atoms with van der Waals surface area (Å²) in [4.78, 5) is 15.6. The molecule has 0 aliphatic heterocycles. The Morgan fingerprint density at radius 1 is 0.510 bits per heavy atom. The zero-order valence-corrected chi connectivity index (χ0v) is 27.8. The van der Waals surface area contributed by atoms with Crippen LogP contribution in [0.4, 0.5) is 17.1 Å². The van der Waals surface area contributed by atoms with E-state index in [1.54, 1.807) is 12.1 Å². The third-order valence-electron chi connectivity index (χ3n) is 8.34. The van der Waals surface area contributed by atoms with Gasteiger partial charge in [-0.05, 0) is 66.0 Å². The molecule has 2 aromatic heterocycles. The lowest BCUT2D eigenvalue weighted by molar-refractivity contribution is 1.08. The number of hydrogen-bond donors (Lipinski definition) is 0. The van der Waals surface area contributed by atoms with E-state index in [0.717, 1.165) is 41.8 Å². The third-order valence-corrected chi connectivity index (χ3v) is 9.46. The lowest BCUT2D eigenvalue weighted by atomic mass is 10.0. The number of nitrogens with zero attached hydrogens (tertiary/aromatic N) is 4. The number of aromatic nitrogens is 3. The van der Waals surface area contributed by atoms with Gasteiger partial charge in [0.2, 0.25) is 0 Å². The summed E-state index contributed by atoms with van der Waals surface area (Å²) < 4.78 is 116. The van der Waals surface area contributed by atoms with E-state index in [0.29, 0.717) is 23.0 Å². The molecule has 0 radical (unpaired) electrons. The molecule has 0 saturated heterocycles. The van der Waals surface area contributed by atoms with Crippen molar-refractivity contribution in [1.29, 1.82) is 0 Å². The summed E-state index contributed by atoms with van der Waals surface area (Å²) in [5.41, 5.74) is 0.965. The van der Waals surface area contributed by atoms with Crippen LogP contribution in [0.25, 0.3) is 65.5 Å². The molecule has 0 N–H and O–H groups in total. The van der Waals surface area contributed by atoms with Gasteiger partial charge < -0.3 is 4.90 Å². The highest BCUT2D eigenvalue weighted by molar-refractivity contribution is 7.26. The normalized spacial score (nSPS) is 14.8. The smallest absolute Gasteiger partial charge is 0.164 e. The highest BCUT2D eigenvalue weighted by Crippen LogP contribution is 2.42. The van der Waals surface area contributed by atoms with Gasteiger partial charge in [0.1, 0.15) is 0 Å². The fourth-order valence-corrected chi connectivity index (χ4v) is 7.11. The van der Waals surface area contributed by atoms with Crippen LogP contribution in [0.1, 0.15) is 23.4 Å². The largest absolute Gasteiger partial charge is 0.310 e. The highest BCUT2D eigenvalue weighted by Gasteiger charge is 2.18. The molecule has 0 saturated carbocycles. The summed E-state index contributed by atoms with van der Waals surface area (Å²) in [7, 11) is 0. The van der Waals surface area contributed by atoms with Crippen LogP contribution in [0.3, 0.4) is 0 Å². The van der Waals surface area contributed by atoms with Gasteiger partial charge in [-0.2, -0.15) is 0 Å². The number of fused-ring (bicyclic) bond motifs is 3. The molecule has 0 aliphatic carbocycles. The standard InChI is InChI=1S/C46H32N4S/c1-31-14-11-12-22-40(31)50(36-19-9-4-10-20-36)37-27-24-32(25-28-37)35-26-29-38-42(30-35)51-41-23-13-21-39(43(38)41)46-48-44(33-15-5-2-6-16-33)47-45(49-46)34-17-7-3-8-18-34/h2-30H,1H3/i4D,9D,10D,11D,12D,14D,19D,20D,22D,24D,25D,27D,28D. The van der Waals surface area contributed by atoms with E-state index in [-0.39, 0.29) is 11.1 Å². The third kappa shape index (κ3) is 5.84. The molecule has 51 heavy (non-hydrogen) atoms. The second kappa shape index (κ2) is 13.1. The molecule has 9 aromatic rings. The second-order valence-electron chi connectivity index (χ2n) is 11.5. The molecule has 7 aromatic carbocycles. The Morgan fingerprint density at radius 3 is 1.84 bits per heavy atom. The Kier molecular flexibility index (Phi) is 5.06. The molecular weight excluding hydrogens is 641 g/mol. The molecule has 0 amide bonds. The van der Waals surface area contributed by atoms with Gasteiger partial charge in [0.15, 0.2) is 17.5 Å². The molecular formula is C46H32N4S. The van der Waals surface area contributed by atoms with E-state index in [4.69, 9.17) is 27.3 Å². The number of thiophene rings is 1. The fraction of sp³-hybridized carbons (Fsp3) is 0.0217. The number of para-hydroxylation sites is 2. The SMILES string of the molecule is [2H]c1c([2H])c([2H])c(N(c2c([2H])c([2H])c(-c3ccc4c(c3)sc3cccc(-c5nc(-c6ccccc6)nc(-c6ccccc6)n5)c34)c([2H])c2[2H])c2c([2H])c([2H])c([2H])c([2H])c2C)c([2H])c1[2H]. The van der Waals surface area contributed by atoms with Crippen molar-refractivity contribution in [2.24, 2.45) is 0 Å². The van der Waals surface area contributed by atoms with Crippen molar-refractivity contribution < 1.29 is 17.8 Å². The van der Waals surface area contributed by atoms with Crippen LogP contribution in [0.5, 0.6) is 0 Å². The Bertz CT molecular complexity index is 3190. The van der Waals surface area contributed by atoms with Crippen molar-refractivity contribution >= 4 is 48.6 Å². The summed E-state index contributed by atoms with van der Waals surface area (Å²) in [6, 6.07) is 21.7. The van der Waals surface area contributed by atoms with Gasteiger partial charge in [0.25, 0.3) is 0 Å². The first kappa shape index (κ1) is 19.7. The van der Waals surface area contributed by atoms with Crippen LogP contribution >= 0.6 is 11.3 Å². The van der Waals surface area contributed by atoms with Crippen LogP contribution in [0, 0.1) is 6.92 Å². The van der Waals surface area contributed by atoms with E-state index < -0.39 is 95.6 Å². The summed E-state index contributed by atoms with van der Waals surface area (Å²) in [5, 5.41) is 1.69. The molecule has 0 spiro atoms. The summed E-state index contributed by atoms with van der Waals surface area (Å²) >= 11 is 1.46. The van der Waals surface area contributed by atoms with E-state index in [1.807, 2.05) is 84.9 Å². The Morgan fingerprint density at radius 2 is 1.14 bits per heavy atom. The molecule has 0 atom stereocenters. The van der Waals surface area contributed by atoms with Crippen molar-refractivity contribution in [2.75, 3.05) is 4.90 Å². The number of anilines is 3. The quantitative estimate of drug-likeness (QED) is 0.167. The predicted molar refractivity (Wildman–Crippen MR) is 214 cm³/mol. The molecule has 4 nitrogen and oxygen atoms in total. The van der Waals surface area contributed by atoms with Crippen LogP contribution in [0.15, 0.2) is 176 Å². The van der Waals surface area contributed by atoms with Gasteiger partial charge in [-0.25, -0.2) is 15.0 Å². The fourth-order valence-electron chi connectivity index (χ4n) is 5.94. The van der Waals surface area contributed by atoms with Crippen molar-refractivity contribution in [3.8, 4) is 45.3 Å². The molecule has 2 heterocycles. The highest BCUT2D eigenvalue weighted by atomic mass is 32.1. The monoisotopic (exact) mass is 685 g/mol. The maximum atomic E-state index is 9.37. The van der Waals surface area contributed by atoms with Gasteiger partial charge in [-0.15, -0.1) is 11.3 Å². The first-order valence-corrected chi connectivity index (χ1v) is 16.8. The Balaban J connectivity index is 1.24. The molecule has 5 heteroatoms. The van der Waals surface area contributed by atoms with Crippen molar-refractivity contribution in [1.82, 2.24) is 15.0 Å². The predicted octanol–water partition coefficient (Wildman–Crippen LogP) is 12.7. The topological polar surface area (TPSA) is 41.9 Å². The van der Waals surface area contributed by atoms with Crippen molar-refractivity contribution in [3.63, 3.8) is 0 Å². The molecule has 0 fully saturated rings. The van der Waals surface area contributed by atoms with Gasteiger partial charge in [-0.1, -0.05) is 133 Å². The zero-order chi connectivity index (χ0) is 45.5. The Labute approximate surface area is 319 Å². The number of hydrogen-bond acceptors (Lipinski definition) is 5. The Hall–Kier alpha value is -6.43. The number of rotatable bonds is 7. The van der Waals surface area contributed by atoms with Crippen LogP contribution < -0.4 is 4.90 Å². The maximum Gasteiger partial charge on any atom is 0.164 e. The van der Waals surface area contributed by atoms with Gasteiger partial charge in [0.05, 0.1) is 17.8 Å². The van der Waals surface area contributed by atoms with Crippen LogP contribution in [-0.4, -0.2) is 15.0 Å². The van der Waals surface area contributed by atoms with Crippen LogP contribution in [0.2, 0.25) is 0 Å². The summed E-state index contributed by atoms with van der Waals surface area (Å²) in [6.07, 6.45) is 0. The minimum Gasteiger partial charge on any atom is -0.310 e. The summed E-state index contributed by atoms with van der Waals surface area (Å²) in [6.45, 7) is 1.34. The average Bonchev–Trinajstić information content (AvgIpc) is 3.69. The number of benzene rings is 7. The van der Waals surface area contributed by atoms with Crippen LogP contribution in [-0.2, 0) is 0 Å². The van der Waals surface area contributed by atoms with Gasteiger partial charge in [0, 0.05) is 53.9 Å². The molecule has 9 rings (SSSR count). The van der Waals surface area contributed by atoms with Crippen molar-refractivity contribution in [3.05, 3.63) is 181 Å². The zero-order valence-electron chi connectivity index (χ0n) is 39.9. The second-order valence-corrected chi connectivity index (χ2v) is 12.6. The maximum absolute atomic E-state index is 9.37. The minimum atomic E-state index is -0.780. The van der Waals surface area contributed by atoms with E-state index >= 15 is 0 Å². The van der Waals surface area contributed by atoms with Crippen molar-refractivity contribution in [2.45, 2.75) is 6.92 Å². The molecule has 0 bridgehead atoms. The molecule has 0 unspecified atom stereocenters. The lowest BCUT2D eigenvalue weighted by Crippen LogP contribution is -2.11. The summed E-state index contributed by atoms with van der Waals surface area (Å²) in [5.74, 6) is 1.46. The van der Waals surface area contributed by atoms with Gasteiger partial charge >= 0.3 is 0 Å². The molecule has 242 valence electrons.